The number of carboxylic acid groups (broad SMARTS) is 1. The van der Waals surface area contributed by atoms with Gasteiger partial charge in [-0.15, -0.1) is 0 Å². The van der Waals surface area contributed by atoms with Crippen molar-refractivity contribution in [3.8, 4) is 11.5 Å². The van der Waals surface area contributed by atoms with E-state index in [-0.39, 0.29) is 30.1 Å². The molecule has 1 N–H and O–H groups in total. The fraction of sp³-hybridized carbons (Fsp3) is 0.667. The molecule has 12 heteroatoms. The van der Waals surface area contributed by atoms with Gasteiger partial charge < -0.3 is 47.8 Å². The molecule has 0 unspecified atom stereocenters. The molecule has 2 heterocycles. The van der Waals surface area contributed by atoms with Crippen molar-refractivity contribution in [2.24, 2.45) is 0 Å². The summed E-state index contributed by atoms with van der Waals surface area (Å²) in [4.78, 5) is 16.2. The highest BCUT2D eigenvalue weighted by molar-refractivity contribution is 6.74. The van der Waals surface area contributed by atoms with Crippen LogP contribution in [0.3, 0.4) is 0 Å². The Kier molecular flexibility index (Phi) is 15.5. The van der Waals surface area contributed by atoms with E-state index in [0.717, 1.165) is 54.2 Å². The molecule has 11 nitrogen and oxygen atoms in total. The predicted octanol–water partition coefficient (Wildman–Crippen LogP) is 7.19. The molecular formula is C39H62N2O9Si. The lowest BCUT2D eigenvalue weighted by Gasteiger charge is -2.43. The zero-order valence-corrected chi connectivity index (χ0v) is 33.2. The number of rotatable bonds is 19. The van der Waals surface area contributed by atoms with Crippen LogP contribution in [0.25, 0.3) is 0 Å². The van der Waals surface area contributed by atoms with Gasteiger partial charge in [0.15, 0.2) is 8.32 Å². The zero-order valence-electron chi connectivity index (χ0n) is 32.2. The van der Waals surface area contributed by atoms with Gasteiger partial charge in [-0.25, -0.2) is 4.79 Å². The molecule has 0 aromatic heterocycles. The number of hydrogen-bond acceptors (Lipinski definition) is 9. The first kappa shape index (κ1) is 40.9. The van der Waals surface area contributed by atoms with Crippen molar-refractivity contribution < 1.29 is 42.7 Å². The summed E-state index contributed by atoms with van der Waals surface area (Å²) in [6.07, 6.45) is 0.608. The fourth-order valence-corrected chi connectivity index (χ4v) is 7.90. The number of amides is 1. The highest BCUT2D eigenvalue weighted by Gasteiger charge is 2.42. The number of piperidine rings is 1. The van der Waals surface area contributed by atoms with E-state index >= 15 is 0 Å². The van der Waals surface area contributed by atoms with Gasteiger partial charge in [-0.1, -0.05) is 39.0 Å². The first-order valence-electron chi connectivity index (χ1n) is 18.4. The number of nitrogens with zero attached hydrogens (tertiary/aromatic N) is 2. The van der Waals surface area contributed by atoms with Gasteiger partial charge >= 0.3 is 6.09 Å². The van der Waals surface area contributed by atoms with Crippen LogP contribution < -0.4 is 14.4 Å². The SMILES string of the molecule is COCCCOc1ccc([C@@H]2[C@@H](OCc3ccc4c(c3)N(CCCOC)CCO4)CN(C(=O)O)C[C@H]2OCC[C@H](C)O[Si](C)(C)C(C)(C)C)cc1. The largest absolute Gasteiger partial charge is 0.494 e. The Labute approximate surface area is 306 Å². The van der Waals surface area contributed by atoms with Crippen LogP contribution in [-0.2, 0) is 30.0 Å². The topological polar surface area (TPSA) is 108 Å². The van der Waals surface area contributed by atoms with E-state index in [4.69, 9.17) is 32.8 Å². The molecule has 51 heavy (non-hydrogen) atoms. The number of ether oxygens (including phenoxy) is 6. The van der Waals surface area contributed by atoms with Gasteiger partial charge in [0.05, 0.1) is 50.7 Å². The second-order valence-corrected chi connectivity index (χ2v) is 20.0. The van der Waals surface area contributed by atoms with Crippen molar-refractivity contribution in [2.75, 3.05) is 78.3 Å². The van der Waals surface area contributed by atoms with Crippen LogP contribution in [0.1, 0.15) is 64.0 Å². The van der Waals surface area contributed by atoms with Crippen molar-refractivity contribution in [1.82, 2.24) is 4.90 Å². The van der Waals surface area contributed by atoms with Crippen molar-refractivity contribution >= 4 is 20.1 Å². The van der Waals surface area contributed by atoms with Gasteiger partial charge in [0.1, 0.15) is 18.1 Å². The van der Waals surface area contributed by atoms with E-state index in [2.05, 4.69) is 63.9 Å². The smallest absolute Gasteiger partial charge is 0.407 e. The summed E-state index contributed by atoms with van der Waals surface area (Å²) >= 11 is 0. The Hall–Kier alpha value is -2.87. The molecule has 0 spiro atoms. The zero-order chi connectivity index (χ0) is 37.0. The monoisotopic (exact) mass is 730 g/mol. The van der Waals surface area contributed by atoms with Gasteiger partial charge in [-0.3, -0.25) is 0 Å². The lowest BCUT2D eigenvalue weighted by atomic mass is 9.84. The minimum atomic E-state index is -1.94. The van der Waals surface area contributed by atoms with E-state index in [1.54, 1.807) is 14.2 Å². The third kappa shape index (κ3) is 11.8. The van der Waals surface area contributed by atoms with Crippen LogP contribution in [0, 0.1) is 0 Å². The number of likely N-dealkylation sites (tertiary alicyclic amines) is 1. The number of benzene rings is 2. The molecule has 1 fully saturated rings. The van der Waals surface area contributed by atoms with Crippen LogP contribution in [0.2, 0.25) is 18.1 Å². The highest BCUT2D eigenvalue weighted by Crippen LogP contribution is 2.39. The number of methoxy groups -OCH3 is 2. The standard InChI is InChI=1S/C39H62N2O9Si/c1-29(50-51(7,8)39(2,3)4)17-23-47-35-26-41(38(42)43)27-36(37(35)31-12-14-32(15-13-31)46-22-10-21-45-6)49-28-30-11-16-34-33(25-30)40(19-24-48-34)18-9-20-44-5/h11-16,25,29,35-37H,9-10,17-24,26-28H2,1-8H3,(H,42,43)/t29-,35+,36-,37-/m0/s1. The van der Waals surface area contributed by atoms with E-state index in [0.29, 0.717) is 46.1 Å². The first-order valence-corrected chi connectivity index (χ1v) is 21.3. The molecule has 1 amide bonds. The summed E-state index contributed by atoms with van der Waals surface area (Å²) in [6, 6.07) is 14.2. The third-order valence-electron chi connectivity index (χ3n) is 10.3. The lowest BCUT2D eigenvalue weighted by molar-refractivity contribution is -0.0919. The summed E-state index contributed by atoms with van der Waals surface area (Å²) in [7, 11) is 1.46. The summed E-state index contributed by atoms with van der Waals surface area (Å²) in [6.45, 7) is 18.8. The van der Waals surface area contributed by atoms with E-state index in [1.807, 2.05) is 24.3 Å². The highest BCUT2D eigenvalue weighted by atomic mass is 28.4. The average molecular weight is 731 g/mol. The number of carbonyl (C=O) groups is 1. The van der Waals surface area contributed by atoms with Crippen LogP contribution >= 0.6 is 0 Å². The van der Waals surface area contributed by atoms with E-state index in [1.165, 1.54) is 4.90 Å². The second kappa shape index (κ2) is 19.3. The van der Waals surface area contributed by atoms with Crippen molar-refractivity contribution in [2.45, 2.75) is 95.9 Å². The predicted molar refractivity (Wildman–Crippen MR) is 202 cm³/mol. The molecule has 4 rings (SSSR count). The number of fused-ring (bicyclic) bond motifs is 1. The van der Waals surface area contributed by atoms with Crippen LogP contribution in [-0.4, -0.2) is 116 Å². The molecule has 0 saturated carbocycles. The molecule has 4 atom stereocenters. The van der Waals surface area contributed by atoms with Crippen molar-refractivity contribution in [3.05, 3.63) is 53.6 Å². The van der Waals surface area contributed by atoms with Gasteiger partial charge in [-0.2, -0.15) is 0 Å². The molecule has 1 saturated heterocycles. The van der Waals surface area contributed by atoms with Crippen LogP contribution in [0.4, 0.5) is 10.5 Å². The molecular weight excluding hydrogens is 669 g/mol. The van der Waals surface area contributed by atoms with Crippen LogP contribution in [0.15, 0.2) is 42.5 Å². The van der Waals surface area contributed by atoms with Crippen LogP contribution in [0.5, 0.6) is 11.5 Å². The number of hydrogen-bond donors (Lipinski definition) is 1. The molecule has 0 aliphatic carbocycles. The molecule has 2 aromatic carbocycles. The quantitative estimate of drug-likeness (QED) is 0.118. The second-order valence-electron chi connectivity index (χ2n) is 15.2. The molecule has 2 aromatic rings. The van der Waals surface area contributed by atoms with Gasteiger partial charge in [0.2, 0.25) is 0 Å². The minimum absolute atomic E-state index is 0.0205. The maximum atomic E-state index is 12.4. The van der Waals surface area contributed by atoms with Gasteiger partial charge in [-0.05, 0) is 73.3 Å². The Morgan fingerprint density at radius 3 is 2.31 bits per heavy atom. The first-order chi connectivity index (χ1) is 24.3. The minimum Gasteiger partial charge on any atom is -0.494 e. The van der Waals surface area contributed by atoms with Crippen molar-refractivity contribution in [1.29, 1.82) is 0 Å². The fourth-order valence-electron chi connectivity index (χ4n) is 6.42. The summed E-state index contributed by atoms with van der Waals surface area (Å²) in [5.41, 5.74) is 3.06. The summed E-state index contributed by atoms with van der Waals surface area (Å²) in [5, 5.41) is 10.3. The van der Waals surface area contributed by atoms with E-state index < -0.39 is 26.6 Å². The molecule has 2 aliphatic rings. The number of anilines is 1. The van der Waals surface area contributed by atoms with Gasteiger partial charge in [0.25, 0.3) is 0 Å². The van der Waals surface area contributed by atoms with E-state index in [9.17, 15) is 9.90 Å². The van der Waals surface area contributed by atoms with Crippen molar-refractivity contribution in [3.63, 3.8) is 0 Å². The normalized spacial score (nSPS) is 20.1. The molecule has 0 radical (unpaired) electrons. The molecule has 0 bridgehead atoms. The lowest BCUT2D eigenvalue weighted by Crippen LogP contribution is -2.54. The Morgan fingerprint density at radius 1 is 0.961 bits per heavy atom. The molecule has 286 valence electrons. The Bertz CT molecular complexity index is 1350. The maximum Gasteiger partial charge on any atom is 0.407 e. The average Bonchev–Trinajstić information content (AvgIpc) is 3.09. The third-order valence-corrected chi connectivity index (χ3v) is 14.9. The van der Waals surface area contributed by atoms with Gasteiger partial charge in [0, 0.05) is 59.0 Å². The summed E-state index contributed by atoms with van der Waals surface area (Å²) < 4.78 is 42.2. The Morgan fingerprint density at radius 2 is 1.65 bits per heavy atom. The summed E-state index contributed by atoms with van der Waals surface area (Å²) in [5.74, 6) is 1.43. The Balaban J connectivity index is 1.54. The maximum absolute atomic E-state index is 12.4. The molecule has 2 aliphatic heterocycles.